The summed E-state index contributed by atoms with van der Waals surface area (Å²) in [5, 5.41) is 2.19. The summed E-state index contributed by atoms with van der Waals surface area (Å²) < 4.78 is 5.59. The van der Waals surface area contributed by atoms with Gasteiger partial charge in [-0.15, -0.1) is 0 Å². The smallest absolute Gasteiger partial charge is 0.259 e. The van der Waals surface area contributed by atoms with E-state index in [9.17, 15) is 4.79 Å². The summed E-state index contributed by atoms with van der Waals surface area (Å²) in [6, 6.07) is 11.8. The van der Waals surface area contributed by atoms with Crippen molar-refractivity contribution in [3.8, 4) is 5.75 Å². The van der Waals surface area contributed by atoms with E-state index >= 15 is 0 Å². The number of fused-ring (bicyclic) bond motifs is 1. The van der Waals surface area contributed by atoms with Crippen molar-refractivity contribution < 1.29 is 9.53 Å². The molecule has 2 rings (SSSR count). The van der Waals surface area contributed by atoms with Crippen LogP contribution >= 0.6 is 0 Å². The lowest BCUT2D eigenvalue weighted by molar-refractivity contribution is -0.130. The van der Waals surface area contributed by atoms with E-state index in [1.165, 1.54) is 4.90 Å². The lowest BCUT2D eigenvalue weighted by Crippen LogP contribution is -2.27. The first-order chi connectivity index (χ1) is 9.13. The standard InChI is InChI=1S/C15H18N2O2/c1-17(2)15(18)10-19-14-8-7-11-5-3-4-6-12(11)13(14)9-16/h3-8H,9-10,16H2,1-2H3. The fourth-order valence-corrected chi connectivity index (χ4v) is 1.93. The molecule has 0 fully saturated rings. The van der Waals surface area contributed by atoms with Gasteiger partial charge in [-0.1, -0.05) is 30.3 Å². The van der Waals surface area contributed by atoms with Gasteiger partial charge in [0.25, 0.3) is 5.91 Å². The molecular weight excluding hydrogens is 240 g/mol. The molecule has 0 aliphatic heterocycles. The van der Waals surface area contributed by atoms with Crippen molar-refractivity contribution in [2.75, 3.05) is 20.7 Å². The Morgan fingerprint density at radius 1 is 1.21 bits per heavy atom. The normalized spacial score (nSPS) is 10.5. The van der Waals surface area contributed by atoms with Crippen LogP contribution in [0.4, 0.5) is 0 Å². The van der Waals surface area contributed by atoms with Crippen LogP contribution in [0.15, 0.2) is 36.4 Å². The Morgan fingerprint density at radius 2 is 1.95 bits per heavy atom. The van der Waals surface area contributed by atoms with Gasteiger partial charge in [0.05, 0.1) is 0 Å². The molecular formula is C15H18N2O2. The zero-order valence-electron chi connectivity index (χ0n) is 11.2. The average Bonchev–Trinajstić information content (AvgIpc) is 2.43. The maximum Gasteiger partial charge on any atom is 0.259 e. The highest BCUT2D eigenvalue weighted by Gasteiger charge is 2.10. The molecule has 0 aliphatic rings. The van der Waals surface area contributed by atoms with Crippen LogP contribution in [0.1, 0.15) is 5.56 Å². The van der Waals surface area contributed by atoms with Crippen molar-refractivity contribution in [3.05, 3.63) is 42.0 Å². The van der Waals surface area contributed by atoms with Crippen molar-refractivity contribution in [2.45, 2.75) is 6.54 Å². The van der Waals surface area contributed by atoms with E-state index in [0.29, 0.717) is 12.3 Å². The molecule has 2 aromatic rings. The van der Waals surface area contributed by atoms with Crippen molar-refractivity contribution >= 4 is 16.7 Å². The zero-order valence-corrected chi connectivity index (χ0v) is 11.2. The first-order valence-corrected chi connectivity index (χ1v) is 6.17. The molecule has 4 nitrogen and oxygen atoms in total. The molecule has 2 aromatic carbocycles. The minimum absolute atomic E-state index is 0.0261. The molecule has 0 aliphatic carbocycles. The fraction of sp³-hybridized carbons (Fsp3) is 0.267. The van der Waals surface area contributed by atoms with Gasteiger partial charge in [0.15, 0.2) is 6.61 Å². The lowest BCUT2D eigenvalue weighted by Gasteiger charge is -2.15. The maximum atomic E-state index is 11.5. The number of nitrogens with zero attached hydrogens (tertiary/aromatic N) is 1. The lowest BCUT2D eigenvalue weighted by atomic mass is 10.0. The largest absolute Gasteiger partial charge is 0.483 e. The second-order valence-electron chi connectivity index (χ2n) is 4.54. The summed E-state index contributed by atoms with van der Waals surface area (Å²) in [5.74, 6) is 0.604. The van der Waals surface area contributed by atoms with E-state index in [1.54, 1.807) is 14.1 Å². The van der Waals surface area contributed by atoms with E-state index in [2.05, 4.69) is 0 Å². The molecule has 1 amide bonds. The monoisotopic (exact) mass is 258 g/mol. The predicted octanol–water partition coefficient (Wildman–Crippen LogP) is 1.77. The summed E-state index contributed by atoms with van der Waals surface area (Å²) in [4.78, 5) is 13.1. The SMILES string of the molecule is CN(C)C(=O)COc1ccc2ccccc2c1CN. The Labute approximate surface area is 112 Å². The topological polar surface area (TPSA) is 55.6 Å². The molecule has 0 saturated heterocycles. The van der Waals surface area contributed by atoms with Crippen molar-refractivity contribution in [3.63, 3.8) is 0 Å². The molecule has 100 valence electrons. The van der Waals surface area contributed by atoms with Gasteiger partial charge in [0.1, 0.15) is 5.75 Å². The molecule has 0 aromatic heterocycles. The molecule has 0 bridgehead atoms. The summed E-state index contributed by atoms with van der Waals surface area (Å²) in [6.07, 6.45) is 0. The number of ether oxygens (including phenoxy) is 1. The first-order valence-electron chi connectivity index (χ1n) is 6.17. The third kappa shape index (κ3) is 2.85. The van der Waals surface area contributed by atoms with Gasteiger partial charge in [0.2, 0.25) is 0 Å². The molecule has 0 saturated carbocycles. The van der Waals surface area contributed by atoms with Crippen molar-refractivity contribution in [1.29, 1.82) is 0 Å². The molecule has 4 heteroatoms. The Bertz CT molecular complexity index is 594. The highest BCUT2D eigenvalue weighted by atomic mass is 16.5. The Balaban J connectivity index is 2.30. The van der Waals surface area contributed by atoms with Gasteiger partial charge >= 0.3 is 0 Å². The van der Waals surface area contributed by atoms with Crippen LogP contribution < -0.4 is 10.5 Å². The molecule has 0 spiro atoms. The van der Waals surface area contributed by atoms with E-state index in [4.69, 9.17) is 10.5 Å². The van der Waals surface area contributed by atoms with Crippen LogP contribution in [0.2, 0.25) is 0 Å². The van der Waals surface area contributed by atoms with Gasteiger partial charge in [-0.25, -0.2) is 0 Å². The predicted molar refractivity (Wildman–Crippen MR) is 76.0 cm³/mol. The minimum Gasteiger partial charge on any atom is -0.483 e. The summed E-state index contributed by atoms with van der Waals surface area (Å²) in [5.41, 5.74) is 6.74. The second kappa shape index (κ2) is 5.71. The summed E-state index contributed by atoms with van der Waals surface area (Å²) in [6.45, 7) is 0.408. The van der Waals surface area contributed by atoms with Gasteiger partial charge in [-0.3, -0.25) is 4.79 Å². The Kier molecular flexibility index (Phi) is 4.02. The van der Waals surface area contributed by atoms with E-state index in [1.807, 2.05) is 36.4 Å². The number of likely N-dealkylation sites (N-methyl/N-ethyl adjacent to an activating group) is 1. The van der Waals surface area contributed by atoms with Crippen LogP contribution in [0.3, 0.4) is 0 Å². The number of carbonyl (C=O) groups excluding carboxylic acids is 1. The number of carbonyl (C=O) groups is 1. The van der Waals surface area contributed by atoms with Gasteiger partial charge < -0.3 is 15.4 Å². The number of nitrogens with two attached hydrogens (primary N) is 1. The molecule has 0 unspecified atom stereocenters. The first kappa shape index (κ1) is 13.4. The molecule has 0 heterocycles. The number of hydrogen-bond acceptors (Lipinski definition) is 3. The Morgan fingerprint density at radius 3 is 2.63 bits per heavy atom. The summed E-state index contributed by atoms with van der Waals surface area (Å²) >= 11 is 0. The van der Waals surface area contributed by atoms with E-state index in [0.717, 1.165) is 16.3 Å². The molecule has 0 atom stereocenters. The highest BCUT2D eigenvalue weighted by molar-refractivity contribution is 5.88. The Hall–Kier alpha value is -2.07. The third-order valence-corrected chi connectivity index (χ3v) is 3.05. The molecule has 19 heavy (non-hydrogen) atoms. The van der Waals surface area contributed by atoms with E-state index in [-0.39, 0.29) is 12.5 Å². The van der Waals surface area contributed by atoms with Crippen LogP contribution in [-0.2, 0) is 11.3 Å². The zero-order chi connectivity index (χ0) is 13.8. The number of rotatable bonds is 4. The van der Waals surface area contributed by atoms with Crippen LogP contribution in [0, 0.1) is 0 Å². The second-order valence-corrected chi connectivity index (χ2v) is 4.54. The minimum atomic E-state index is -0.0730. The van der Waals surface area contributed by atoms with Crippen LogP contribution in [0.25, 0.3) is 10.8 Å². The fourth-order valence-electron chi connectivity index (χ4n) is 1.93. The van der Waals surface area contributed by atoms with Gasteiger partial charge in [0, 0.05) is 26.2 Å². The quantitative estimate of drug-likeness (QED) is 0.909. The average molecular weight is 258 g/mol. The molecule has 0 radical (unpaired) electrons. The van der Waals surface area contributed by atoms with Crippen LogP contribution in [-0.4, -0.2) is 31.5 Å². The van der Waals surface area contributed by atoms with Gasteiger partial charge in [-0.2, -0.15) is 0 Å². The number of benzene rings is 2. The van der Waals surface area contributed by atoms with E-state index < -0.39 is 0 Å². The maximum absolute atomic E-state index is 11.5. The number of hydrogen-bond donors (Lipinski definition) is 1. The van der Waals surface area contributed by atoms with Crippen LogP contribution in [0.5, 0.6) is 5.75 Å². The van der Waals surface area contributed by atoms with Crippen molar-refractivity contribution in [1.82, 2.24) is 4.90 Å². The third-order valence-electron chi connectivity index (χ3n) is 3.05. The van der Waals surface area contributed by atoms with Crippen molar-refractivity contribution in [2.24, 2.45) is 5.73 Å². The van der Waals surface area contributed by atoms with Gasteiger partial charge in [-0.05, 0) is 16.8 Å². The number of amides is 1. The highest BCUT2D eigenvalue weighted by Crippen LogP contribution is 2.27. The molecule has 2 N–H and O–H groups in total. The summed E-state index contributed by atoms with van der Waals surface area (Å²) in [7, 11) is 3.41.